The summed E-state index contributed by atoms with van der Waals surface area (Å²) in [7, 11) is 4.09. The quantitative estimate of drug-likeness (QED) is 0.813. The van der Waals surface area contributed by atoms with Gasteiger partial charge in [-0.15, -0.1) is 0 Å². The van der Waals surface area contributed by atoms with Crippen LogP contribution in [0.1, 0.15) is 17.5 Å². The molecule has 1 heterocycles. The summed E-state index contributed by atoms with van der Waals surface area (Å²) < 4.78 is 10.9. The second-order valence-electron chi connectivity index (χ2n) is 4.86. The first-order valence-corrected chi connectivity index (χ1v) is 6.93. The summed E-state index contributed by atoms with van der Waals surface area (Å²) in [5, 5.41) is 3.90. The molecule has 0 atom stereocenters. The molecule has 0 aromatic heterocycles. The highest BCUT2D eigenvalue weighted by Crippen LogP contribution is 2.32. The van der Waals surface area contributed by atoms with Gasteiger partial charge in [-0.25, -0.2) is 0 Å². The van der Waals surface area contributed by atoms with E-state index < -0.39 is 0 Å². The first kappa shape index (κ1) is 14.6. The van der Waals surface area contributed by atoms with Crippen molar-refractivity contribution in [2.45, 2.75) is 19.6 Å². The van der Waals surface area contributed by atoms with Crippen molar-refractivity contribution in [2.75, 3.05) is 34.0 Å². The monoisotopic (exact) mass is 284 g/mol. The van der Waals surface area contributed by atoms with Crippen LogP contribution in [0.25, 0.3) is 0 Å². The summed E-state index contributed by atoms with van der Waals surface area (Å²) in [6, 6.07) is 3.90. The van der Waals surface area contributed by atoms with Crippen molar-refractivity contribution in [3.05, 3.63) is 28.3 Å². The summed E-state index contributed by atoms with van der Waals surface area (Å²) >= 11 is 6.15. The van der Waals surface area contributed by atoms with Crippen LogP contribution in [0.2, 0.25) is 5.02 Å². The van der Waals surface area contributed by atoms with E-state index in [1.807, 2.05) is 19.2 Å². The third-order valence-corrected chi connectivity index (χ3v) is 3.38. The predicted molar refractivity (Wildman–Crippen MR) is 76.6 cm³/mol. The number of nitrogens with one attached hydrogen (secondary N) is 1. The van der Waals surface area contributed by atoms with Gasteiger partial charge in [0.05, 0.1) is 6.61 Å². The second-order valence-corrected chi connectivity index (χ2v) is 5.30. The lowest BCUT2D eigenvalue weighted by Gasteiger charge is -2.24. The molecule has 1 aromatic rings. The van der Waals surface area contributed by atoms with Crippen LogP contribution in [0.15, 0.2) is 12.1 Å². The molecule has 1 N–H and O–H groups in total. The third kappa shape index (κ3) is 4.08. The van der Waals surface area contributed by atoms with Gasteiger partial charge in [0.15, 0.2) is 6.79 Å². The maximum Gasteiger partial charge on any atom is 0.189 e. The fraction of sp³-hybridized carbons (Fsp3) is 0.571. The fourth-order valence-corrected chi connectivity index (χ4v) is 2.53. The topological polar surface area (TPSA) is 33.7 Å². The first-order valence-electron chi connectivity index (χ1n) is 6.55. The molecule has 0 bridgehead atoms. The van der Waals surface area contributed by atoms with Crippen LogP contribution in [0.4, 0.5) is 0 Å². The highest BCUT2D eigenvalue weighted by Gasteiger charge is 2.17. The van der Waals surface area contributed by atoms with E-state index in [4.69, 9.17) is 21.1 Å². The van der Waals surface area contributed by atoms with E-state index in [9.17, 15) is 0 Å². The van der Waals surface area contributed by atoms with E-state index in [0.717, 1.165) is 48.0 Å². The van der Waals surface area contributed by atoms with E-state index >= 15 is 0 Å². The number of rotatable bonds is 6. The predicted octanol–water partition coefficient (Wildman–Crippen LogP) is 2.25. The average Bonchev–Trinajstić information content (AvgIpc) is 2.39. The maximum atomic E-state index is 6.15. The molecule has 106 valence electrons. The van der Waals surface area contributed by atoms with Gasteiger partial charge in [0, 0.05) is 22.7 Å². The molecule has 0 fully saturated rings. The molecule has 19 heavy (non-hydrogen) atoms. The van der Waals surface area contributed by atoms with Crippen molar-refractivity contribution in [1.82, 2.24) is 10.2 Å². The normalized spacial score (nSPS) is 14.3. The summed E-state index contributed by atoms with van der Waals surface area (Å²) in [6.45, 7) is 3.81. The number of ether oxygens (including phenoxy) is 2. The molecular weight excluding hydrogens is 264 g/mol. The number of nitrogens with zero attached hydrogens (tertiary/aromatic N) is 1. The number of halogens is 1. The zero-order valence-corrected chi connectivity index (χ0v) is 12.3. The van der Waals surface area contributed by atoms with Crippen LogP contribution in [-0.2, 0) is 17.9 Å². The van der Waals surface area contributed by atoms with Gasteiger partial charge < -0.3 is 19.7 Å². The molecule has 0 saturated heterocycles. The molecule has 0 amide bonds. The molecule has 5 heteroatoms. The average molecular weight is 285 g/mol. The standard InChI is InChI=1S/C14H21ClN2O2/c1-16-4-3-5-17(2)8-11-6-13(15)7-12-9-18-10-19-14(11)12/h6-7,16H,3-5,8-10H2,1-2H3. The van der Waals surface area contributed by atoms with Gasteiger partial charge in [0.1, 0.15) is 5.75 Å². The SMILES string of the molecule is CNCCCN(C)Cc1cc(Cl)cc2c1OCOC2. The number of fused-ring (bicyclic) bond motifs is 1. The lowest BCUT2D eigenvalue weighted by Crippen LogP contribution is -2.23. The van der Waals surface area contributed by atoms with Gasteiger partial charge in [-0.1, -0.05) is 11.6 Å². The number of hydrogen-bond donors (Lipinski definition) is 1. The van der Waals surface area contributed by atoms with Crippen LogP contribution >= 0.6 is 11.6 Å². The third-order valence-electron chi connectivity index (χ3n) is 3.16. The summed E-state index contributed by atoms with van der Waals surface area (Å²) in [5.41, 5.74) is 2.18. The van der Waals surface area contributed by atoms with Gasteiger partial charge in [-0.3, -0.25) is 0 Å². The molecule has 0 saturated carbocycles. The molecule has 2 rings (SSSR count). The Bertz CT molecular complexity index is 426. The number of hydrogen-bond acceptors (Lipinski definition) is 4. The van der Waals surface area contributed by atoms with Crippen LogP contribution in [0.5, 0.6) is 5.75 Å². The molecule has 0 radical (unpaired) electrons. The summed E-state index contributed by atoms with van der Waals surface area (Å²) in [5.74, 6) is 0.941. The highest BCUT2D eigenvalue weighted by atomic mass is 35.5. The minimum Gasteiger partial charge on any atom is -0.467 e. The molecule has 1 aliphatic rings. The molecule has 0 spiro atoms. The van der Waals surface area contributed by atoms with Crippen molar-refractivity contribution >= 4 is 11.6 Å². The molecule has 0 aliphatic carbocycles. The van der Waals surface area contributed by atoms with Crippen molar-refractivity contribution in [3.63, 3.8) is 0 Å². The van der Waals surface area contributed by atoms with Gasteiger partial charge in [0.2, 0.25) is 0 Å². The second kappa shape index (κ2) is 7.10. The smallest absolute Gasteiger partial charge is 0.189 e. The van der Waals surface area contributed by atoms with Crippen molar-refractivity contribution in [1.29, 1.82) is 0 Å². The lowest BCUT2D eigenvalue weighted by atomic mass is 10.1. The Morgan fingerprint density at radius 3 is 3.05 bits per heavy atom. The summed E-state index contributed by atoms with van der Waals surface area (Å²) in [4.78, 5) is 2.28. The van der Waals surface area contributed by atoms with Gasteiger partial charge in [-0.05, 0) is 45.7 Å². The summed E-state index contributed by atoms with van der Waals surface area (Å²) in [6.07, 6.45) is 1.12. The minimum atomic E-state index is 0.325. The Kier molecular flexibility index (Phi) is 5.45. The van der Waals surface area contributed by atoms with Crippen LogP contribution in [0.3, 0.4) is 0 Å². The van der Waals surface area contributed by atoms with Crippen molar-refractivity contribution < 1.29 is 9.47 Å². The van der Waals surface area contributed by atoms with E-state index in [1.165, 1.54) is 0 Å². The Balaban J connectivity index is 2.04. The molecule has 1 aromatic carbocycles. The Morgan fingerprint density at radius 1 is 1.42 bits per heavy atom. The minimum absolute atomic E-state index is 0.325. The Hall–Kier alpha value is -0.810. The van der Waals surface area contributed by atoms with E-state index in [1.54, 1.807) is 0 Å². The van der Waals surface area contributed by atoms with Crippen molar-refractivity contribution in [2.24, 2.45) is 0 Å². The highest BCUT2D eigenvalue weighted by molar-refractivity contribution is 6.30. The van der Waals surface area contributed by atoms with E-state index in [0.29, 0.717) is 13.4 Å². The Morgan fingerprint density at radius 2 is 2.26 bits per heavy atom. The first-order chi connectivity index (χ1) is 9.20. The van der Waals surface area contributed by atoms with Gasteiger partial charge in [-0.2, -0.15) is 0 Å². The Labute approximate surface area is 119 Å². The lowest BCUT2D eigenvalue weighted by molar-refractivity contribution is -0.0174. The van der Waals surface area contributed by atoms with Crippen LogP contribution in [0, 0.1) is 0 Å². The van der Waals surface area contributed by atoms with Crippen molar-refractivity contribution in [3.8, 4) is 5.75 Å². The molecule has 1 aliphatic heterocycles. The fourth-order valence-electron chi connectivity index (χ4n) is 2.27. The van der Waals surface area contributed by atoms with Crippen LogP contribution < -0.4 is 10.1 Å². The largest absolute Gasteiger partial charge is 0.467 e. The van der Waals surface area contributed by atoms with E-state index in [-0.39, 0.29) is 0 Å². The molecule has 4 nitrogen and oxygen atoms in total. The van der Waals surface area contributed by atoms with Gasteiger partial charge in [0.25, 0.3) is 0 Å². The number of benzene rings is 1. The van der Waals surface area contributed by atoms with Crippen LogP contribution in [-0.4, -0.2) is 38.9 Å². The molecular formula is C14H21ClN2O2. The van der Waals surface area contributed by atoms with E-state index in [2.05, 4.69) is 17.3 Å². The zero-order valence-electron chi connectivity index (χ0n) is 11.5. The zero-order chi connectivity index (χ0) is 13.7. The van der Waals surface area contributed by atoms with Gasteiger partial charge >= 0.3 is 0 Å². The maximum absolute atomic E-state index is 6.15. The molecule has 0 unspecified atom stereocenters.